The number of methoxy groups -OCH3 is 2. The van der Waals surface area contributed by atoms with Crippen molar-refractivity contribution in [2.45, 2.75) is 19.1 Å². The highest BCUT2D eigenvalue weighted by Crippen LogP contribution is 2.43. The molecule has 0 saturated heterocycles. The van der Waals surface area contributed by atoms with Gasteiger partial charge in [-0.15, -0.1) is 11.8 Å². The van der Waals surface area contributed by atoms with Crippen LogP contribution in [0.15, 0.2) is 47.4 Å². The van der Waals surface area contributed by atoms with Crippen molar-refractivity contribution in [2.24, 2.45) is 0 Å². The molecule has 2 aromatic rings. The second-order valence-electron chi connectivity index (χ2n) is 6.36. The minimum absolute atomic E-state index is 0.0833. The van der Waals surface area contributed by atoms with Crippen molar-refractivity contribution in [3.8, 4) is 11.5 Å². The van der Waals surface area contributed by atoms with Gasteiger partial charge in [-0.2, -0.15) is 0 Å². The van der Waals surface area contributed by atoms with Crippen LogP contribution in [-0.4, -0.2) is 31.3 Å². The Balaban J connectivity index is 2.12. The van der Waals surface area contributed by atoms with Gasteiger partial charge >= 0.3 is 0 Å². The maximum Gasteiger partial charge on any atom is 0.272 e. The van der Waals surface area contributed by atoms with Gasteiger partial charge in [-0.05, 0) is 29.8 Å². The molecule has 0 unspecified atom stereocenters. The number of rotatable bonds is 6. The normalized spacial score (nSPS) is 14.3. The number of halogens is 1. The first-order valence-electron chi connectivity index (χ1n) is 8.65. The Bertz CT molecular complexity index is 953. The zero-order chi connectivity index (χ0) is 20.4. The Morgan fingerprint density at radius 2 is 1.64 bits per heavy atom. The summed E-state index contributed by atoms with van der Waals surface area (Å²) in [5.41, 5.74) is 1.09. The summed E-state index contributed by atoms with van der Waals surface area (Å²) in [6.45, 7) is 3.88. The first-order chi connectivity index (χ1) is 13.4. The molecule has 1 aliphatic heterocycles. The standard InChI is InChI=1S/C21H20FNO4S/c1-12(2)28-19-18(13-5-7-14(22)8-6-13)20(24)23(21(19)25)16-10-9-15(26-3)11-17(16)27-4/h5-12H,1-4H3. The van der Waals surface area contributed by atoms with E-state index in [1.54, 1.807) is 18.2 Å². The molecule has 7 heteroatoms. The second-order valence-corrected chi connectivity index (χ2v) is 7.95. The molecule has 1 aliphatic rings. The van der Waals surface area contributed by atoms with Crippen LogP contribution in [0.2, 0.25) is 0 Å². The lowest BCUT2D eigenvalue weighted by molar-refractivity contribution is -0.119. The largest absolute Gasteiger partial charge is 0.497 e. The molecule has 0 radical (unpaired) electrons. The number of ether oxygens (including phenoxy) is 2. The van der Waals surface area contributed by atoms with Crippen LogP contribution in [0.25, 0.3) is 5.57 Å². The van der Waals surface area contributed by atoms with Crippen LogP contribution in [0.1, 0.15) is 19.4 Å². The first-order valence-corrected chi connectivity index (χ1v) is 9.53. The number of benzene rings is 2. The summed E-state index contributed by atoms with van der Waals surface area (Å²) in [6.07, 6.45) is 0. The average Bonchev–Trinajstić information content (AvgIpc) is 2.91. The number of carbonyl (C=O) groups excluding carboxylic acids is 2. The summed E-state index contributed by atoms with van der Waals surface area (Å²) in [7, 11) is 2.98. The summed E-state index contributed by atoms with van der Waals surface area (Å²) in [5, 5.41) is 0.0833. The molecular formula is C21H20FNO4S. The minimum atomic E-state index is -0.469. The Morgan fingerprint density at radius 3 is 2.21 bits per heavy atom. The highest BCUT2D eigenvalue weighted by molar-refractivity contribution is 8.04. The van der Waals surface area contributed by atoms with Gasteiger partial charge in [0.15, 0.2) is 0 Å². The maximum absolute atomic E-state index is 13.4. The molecule has 0 spiro atoms. The van der Waals surface area contributed by atoms with Crippen molar-refractivity contribution in [1.82, 2.24) is 0 Å². The van der Waals surface area contributed by atoms with E-state index in [1.165, 1.54) is 50.2 Å². The fourth-order valence-corrected chi connectivity index (χ4v) is 3.90. The average molecular weight is 401 g/mol. The van der Waals surface area contributed by atoms with Gasteiger partial charge in [0.25, 0.3) is 11.8 Å². The lowest BCUT2D eigenvalue weighted by atomic mass is 10.1. The fourth-order valence-electron chi connectivity index (χ4n) is 2.91. The lowest BCUT2D eigenvalue weighted by Crippen LogP contribution is -2.31. The van der Waals surface area contributed by atoms with Crippen LogP contribution in [0, 0.1) is 5.82 Å². The SMILES string of the molecule is COc1ccc(N2C(=O)C(SC(C)C)=C(c3ccc(F)cc3)C2=O)c(OC)c1. The van der Waals surface area contributed by atoms with E-state index in [1.807, 2.05) is 13.8 Å². The molecule has 5 nitrogen and oxygen atoms in total. The molecule has 0 atom stereocenters. The molecule has 0 N–H and O–H groups in total. The molecule has 0 aromatic heterocycles. The third-order valence-electron chi connectivity index (χ3n) is 4.16. The quantitative estimate of drug-likeness (QED) is 0.677. The van der Waals surface area contributed by atoms with Gasteiger partial charge in [0.05, 0.1) is 30.4 Å². The van der Waals surface area contributed by atoms with Gasteiger partial charge < -0.3 is 9.47 Å². The van der Waals surface area contributed by atoms with E-state index in [0.29, 0.717) is 27.7 Å². The van der Waals surface area contributed by atoms with Crippen molar-refractivity contribution >= 4 is 34.8 Å². The number of nitrogens with zero attached hydrogens (tertiary/aromatic N) is 1. The number of amides is 2. The van der Waals surface area contributed by atoms with Crippen LogP contribution in [0.5, 0.6) is 11.5 Å². The number of thioether (sulfide) groups is 1. The Kier molecular flexibility index (Phi) is 5.74. The van der Waals surface area contributed by atoms with Crippen molar-refractivity contribution in [3.05, 3.63) is 58.8 Å². The van der Waals surface area contributed by atoms with Crippen LogP contribution >= 0.6 is 11.8 Å². The number of hydrogen-bond donors (Lipinski definition) is 0. The summed E-state index contributed by atoms with van der Waals surface area (Å²) in [4.78, 5) is 27.9. The second kappa shape index (κ2) is 8.06. The van der Waals surface area contributed by atoms with Gasteiger partial charge in [0.2, 0.25) is 0 Å². The lowest BCUT2D eigenvalue weighted by Gasteiger charge is -2.19. The van der Waals surface area contributed by atoms with Gasteiger partial charge in [-0.3, -0.25) is 9.59 Å². The topological polar surface area (TPSA) is 55.8 Å². The maximum atomic E-state index is 13.4. The number of imide groups is 1. The van der Waals surface area contributed by atoms with Crippen molar-refractivity contribution in [3.63, 3.8) is 0 Å². The van der Waals surface area contributed by atoms with Gasteiger partial charge in [0, 0.05) is 11.3 Å². The predicted octanol–water partition coefficient (Wildman–Crippen LogP) is 4.27. The predicted molar refractivity (Wildman–Crippen MR) is 108 cm³/mol. The molecular weight excluding hydrogens is 381 g/mol. The van der Waals surface area contributed by atoms with E-state index in [-0.39, 0.29) is 10.8 Å². The van der Waals surface area contributed by atoms with E-state index in [9.17, 15) is 14.0 Å². The summed E-state index contributed by atoms with van der Waals surface area (Å²) in [6, 6.07) is 10.4. The van der Waals surface area contributed by atoms with Gasteiger partial charge in [-0.1, -0.05) is 26.0 Å². The number of carbonyl (C=O) groups is 2. The first kappa shape index (κ1) is 19.9. The molecule has 3 rings (SSSR count). The molecule has 0 fully saturated rings. The van der Waals surface area contributed by atoms with E-state index in [0.717, 1.165) is 4.90 Å². The fraction of sp³-hybridized carbons (Fsp3) is 0.238. The van der Waals surface area contributed by atoms with E-state index in [2.05, 4.69) is 0 Å². The molecule has 0 saturated carbocycles. The Labute approximate surface area is 167 Å². The van der Waals surface area contributed by atoms with E-state index in [4.69, 9.17) is 9.47 Å². The molecule has 146 valence electrons. The van der Waals surface area contributed by atoms with Crippen LogP contribution in [0.3, 0.4) is 0 Å². The zero-order valence-electron chi connectivity index (χ0n) is 16.0. The van der Waals surface area contributed by atoms with Crippen LogP contribution < -0.4 is 14.4 Å². The van der Waals surface area contributed by atoms with Crippen LogP contribution in [-0.2, 0) is 9.59 Å². The molecule has 1 heterocycles. The van der Waals surface area contributed by atoms with Crippen molar-refractivity contribution in [1.29, 1.82) is 0 Å². The number of anilines is 1. The number of hydrogen-bond acceptors (Lipinski definition) is 5. The molecule has 2 amide bonds. The van der Waals surface area contributed by atoms with Gasteiger partial charge in [-0.25, -0.2) is 9.29 Å². The smallest absolute Gasteiger partial charge is 0.272 e. The van der Waals surface area contributed by atoms with Crippen molar-refractivity contribution in [2.75, 3.05) is 19.1 Å². The molecule has 0 bridgehead atoms. The minimum Gasteiger partial charge on any atom is -0.497 e. The molecule has 0 aliphatic carbocycles. The summed E-state index contributed by atoms with van der Waals surface area (Å²) < 4.78 is 23.9. The summed E-state index contributed by atoms with van der Waals surface area (Å²) >= 11 is 1.31. The van der Waals surface area contributed by atoms with E-state index >= 15 is 0 Å². The van der Waals surface area contributed by atoms with Gasteiger partial charge in [0.1, 0.15) is 17.3 Å². The summed E-state index contributed by atoms with van der Waals surface area (Å²) in [5.74, 6) is -0.416. The highest BCUT2D eigenvalue weighted by atomic mass is 32.2. The highest BCUT2D eigenvalue weighted by Gasteiger charge is 2.41. The third kappa shape index (κ3) is 3.62. The van der Waals surface area contributed by atoms with Crippen molar-refractivity contribution < 1.29 is 23.5 Å². The Hall–Kier alpha value is -2.80. The molecule has 2 aromatic carbocycles. The Morgan fingerprint density at radius 1 is 0.964 bits per heavy atom. The third-order valence-corrected chi connectivity index (χ3v) is 5.24. The van der Waals surface area contributed by atoms with Crippen LogP contribution in [0.4, 0.5) is 10.1 Å². The molecule has 28 heavy (non-hydrogen) atoms. The monoisotopic (exact) mass is 401 g/mol. The van der Waals surface area contributed by atoms with E-state index < -0.39 is 17.6 Å². The zero-order valence-corrected chi connectivity index (χ0v) is 16.8.